The molecule has 23 heavy (non-hydrogen) atoms. The summed E-state index contributed by atoms with van der Waals surface area (Å²) in [5.74, 6) is 2.07. The van der Waals surface area contributed by atoms with Gasteiger partial charge in [-0.25, -0.2) is 4.98 Å². The van der Waals surface area contributed by atoms with Crippen LogP contribution < -0.4 is 4.74 Å². The molecule has 0 spiro atoms. The standard InChI is InChI=1S/C17H23N3O3/c1-17(2,3)15-12(8-9-22-15)16-19-14(23-20-16)10-11-6-5-7-13(18-11)21-4/h5-7,12,15H,8-10H2,1-4H3/t12-,15-/m0/s1. The van der Waals surface area contributed by atoms with E-state index in [2.05, 4.69) is 35.9 Å². The Balaban J connectivity index is 1.75. The van der Waals surface area contributed by atoms with E-state index in [0.29, 0.717) is 18.2 Å². The molecule has 1 aliphatic heterocycles. The highest BCUT2D eigenvalue weighted by molar-refractivity contribution is 5.18. The van der Waals surface area contributed by atoms with Crippen LogP contribution in [0.15, 0.2) is 22.7 Å². The topological polar surface area (TPSA) is 70.3 Å². The molecule has 124 valence electrons. The van der Waals surface area contributed by atoms with E-state index in [9.17, 15) is 0 Å². The van der Waals surface area contributed by atoms with E-state index in [0.717, 1.165) is 24.5 Å². The number of ether oxygens (including phenoxy) is 2. The normalized spacial score (nSPS) is 21.6. The van der Waals surface area contributed by atoms with Gasteiger partial charge in [0.1, 0.15) is 0 Å². The molecular weight excluding hydrogens is 294 g/mol. The van der Waals surface area contributed by atoms with Gasteiger partial charge in [0.25, 0.3) is 0 Å². The Bertz CT molecular complexity index is 663. The molecule has 2 atom stereocenters. The van der Waals surface area contributed by atoms with Crippen LogP contribution in [0.4, 0.5) is 0 Å². The van der Waals surface area contributed by atoms with Crippen LogP contribution in [0, 0.1) is 5.41 Å². The van der Waals surface area contributed by atoms with Gasteiger partial charge in [-0.15, -0.1) is 0 Å². The second kappa shape index (κ2) is 6.28. The molecule has 0 bridgehead atoms. The van der Waals surface area contributed by atoms with Gasteiger partial charge in [0.2, 0.25) is 11.8 Å². The Kier molecular flexibility index (Phi) is 4.35. The van der Waals surface area contributed by atoms with E-state index in [1.807, 2.05) is 18.2 Å². The van der Waals surface area contributed by atoms with Crippen molar-refractivity contribution in [2.75, 3.05) is 13.7 Å². The lowest BCUT2D eigenvalue weighted by Gasteiger charge is -2.29. The molecule has 6 heteroatoms. The van der Waals surface area contributed by atoms with Crippen LogP contribution >= 0.6 is 0 Å². The van der Waals surface area contributed by atoms with E-state index >= 15 is 0 Å². The molecular formula is C17H23N3O3. The minimum atomic E-state index is 0.0519. The van der Waals surface area contributed by atoms with E-state index in [4.69, 9.17) is 14.0 Å². The van der Waals surface area contributed by atoms with Gasteiger partial charge in [-0.05, 0) is 17.9 Å². The molecule has 0 unspecified atom stereocenters. The smallest absolute Gasteiger partial charge is 0.232 e. The van der Waals surface area contributed by atoms with Gasteiger partial charge in [0.15, 0.2) is 5.82 Å². The molecule has 0 saturated carbocycles. The summed E-state index contributed by atoms with van der Waals surface area (Å²) in [6.07, 6.45) is 1.54. The quantitative estimate of drug-likeness (QED) is 0.863. The van der Waals surface area contributed by atoms with E-state index < -0.39 is 0 Å². The van der Waals surface area contributed by atoms with Crippen molar-refractivity contribution in [3.05, 3.63) is 35.6 Å². The third-order valence-electron chi connectivity index (χ3n) is 4.08. The van der Waals surface area contributed by atoms with Crippen molar-refractivity contribution in [1.82, 2.24) is 15.1 Å². The zero-order valence-electron chi connectivity index (χ0n) is 14.1. The third-order valence-corrected chi connectivity index (χ3v) is 4.08. The first kappa shape index (κ1) is 15.9. The number of hydrogen-bond donors (Lipinski definition) is 0. The van der Waals surface area contributed by atoms with Crippen molar-refractivity contribution in [2.45, 2.75) is 45.6 Å². The summed E-state index contributed by atoms with van der Waals surface area (Å²) in [5.41, 5.74) is 0.894. The summed E-state index contributed by atoms with van der Waals surface area (Å²) in [5, 5.41) is 4.18. The zero-order chi connectivity index (χ0) is 16.4. The Morgan fingerprint density at radius 2 is 2.09 bits per heavy atom. The van der Waals surface area contributed by atoms with Crippen LogP contribution in [0.2, 0.25) is 0 Å². The first-order valence-electron chi connectivity index (χ1n) is 7.91. The molecule has 0 aliphatic carbocycles. The van der Waals surface area contributed by atoms with E-state index in [-0.39, 0.29) is 17.4 Å². The second-order valence-corrected chi connectivity index (χ2v) is 6.95. The van der Waals surface area contributed by atoms with Gasteiger partial charge in [-0.2, -0.15) is 4.98 Å². The third kappa shape index (κ3) is 3.52. The minimum absolute atomic E-state index is 0.0519. The summed E-state index contributed by atoms with van der Waals surface area (Å²) < 4.78 is 16.4. The summed E-state index contributed by atoms with van der Waals surface area (Å²) in [7, 11) is 1.60. The van der Waals surface area contributed by atoms with Gasteiger partial charge in [-0.3, -0.25) is 0 Å². The minimum Gasteiger partial charge on any atom is -0.481 e. The Labute approximate surface area is 136 Å². The number of pyridine rings is 1. The molecule has 0 radical (unpaired) electrons. The van der Waals surface area contributed by atoms with Gasteiger partial charge < -0.3 is 14.0 Å². The molecule has 3 rings (SSSR count). The number of rotatable bonds is 4. The maximum absolute atomic E-state index is 5.89. The van der Waals surface area contributed by atoms with Crippen LogP contribution in [0.3, 0.4) is 0 Å². The van der Waals surface area contributed by atoms with Gasteiger partial charge >= 0.3 is 0 Å². The monoisotopic (exact) mass is 317 g/mol. The molecule has 2 aromatic heterocycles. The lowest BCUT2D eigenvalue weighted by molar-refractivity contribution is 0.0193. The average Bonchev–Trinajstić information content (AvgIpc) is 3.15. The molecule has 1 fully saturated rings. The largest absolute Gasteiger partial charge is 0.481 e. The van der Waals surface area contributed by atoms with Crippen LogP contribution in [0.1, 0.15) is 50.5 Å². The predicted octanol–water partition coefficient (Wildman–Crippen LogP) is 2.98. The van der Waals surface area contributed by atoms with Crippen LogP contribution in [0.25, 0.3) is 0 Å². The van der Waals surface area contributed by atoms with Gasteiger partial charge in [0.05, 0.1) is 31.2 Å². The fraction of sp³-hybridized carbons (Fsp3) is 0.588. The van der Waals surface area contributed by atoms with Gasteiger partial charge in [0, 0.05) is 12.7 Å². The maximum atomic E-state index is 5.89. The zero-order valence-corrected chi connectivity index (χ0v) is 14.1. The number of nitrogens with zero attached hydrogens (tertiary/aromatic N) is 3. The van der Waals surface area contributed by atoms with Crippen molar-refractivity contribution >= 4 is 0 Å². The Hall–Kier alpha value is -1.95. The highest BCUT2D eigenvalue weighted by Gasteiger charge is 2.40. The fourth-order valence-corrected chi connectivity index (χ4v) is 3.02. The molecule has 1 saturated heterocycles. The number of hydrogen-bond acceptors (Lipinski definition) is 6. The summed E-state index contributed by atoms with van der Waals surface area (Å²) in [6.45, 7) is 7.28. The predicted molar refractivity (Wildman–Crippen MR) is 84.4 cm³/mol. The van der Waals surface area contributed by atoms with Crippen molar-refractivity contribution < 1.29 is 14.0 Å². The Morgan fingerprint density at radius 3 is 2.83 bits per heavy atom. The first-order valence-corrected chi connectivity index (χ1v) is 7.91. The van der Waals surface area contributed by atoms with E-state index in [1.54, 1.807) is 7.11 Å². The summed E-state index contributed by atoms with van der Waals surface area (Å²) in [6, 6.07) is 5.63. The Morgan fingerprint density at radius 1 is 1.26 bits per heavy atom. The van der Waals surface area contributed by atoms with Crippen molar-refractivity contribution in [3.8, 4) is 5.88 Å². The first-order chi connectivity index (χ1) is 11.0. The van der Waals surface area contributed by atoms with Crippen molar-refractivity contribution in [2.24, 2.45) is 5.41 Å². The van der Waals surface area contributed by atoms with Gasteiger partial charge in [-0.1, -0.05) is 32.0 Å². The molecule has 0 aromatic carbocycles. The van der Waals surface area contributed by atoms with Crippen LogP contribution in [-0.4, -0.2) is 34.9 Å². The highest BCUT2D eigenvalue weighted by Crippen LogP contribution is 2.39. The molecule has 2 aromatic rings. The second-order valence-electron chi connectivity index (χ2n) is 6.95. The molecule has 0 amide bonds. The molecule has 3 heterocycles. The average molecular weight is 317 g/mol. The lowest BCUT2D eigenvalue weighted by Crippen LogP contribution is -2.30. The molecule has 1 aliphatic rings. The van der Waals surface area contributed by atoms with E-state index in [1.165, 1.54) is 0 Å². The van der Waals surface area contributed by atoms with Crippen LogP contribution in [0.5, 0.6) is 5.88 Å². The lowest BCUT2D eigenvalue weighted by atomic mass is 9.81. The summed E-state index contributed by atoms with van der Waals surface area (Å²) >= 11 is 0. The maximum Gasteiger partial charge on any atom is 0.232 e. The summed E-state index contributed by atoms with van der Waals surface area (Å²) in [4.78, 5) is 8.94. The number of methoxy groups -OCH3 is 1. The number of aromatic nitrogens is 3. The molecule has 6 nitrogen and oxygen atoms in total. The highest BCUT2D eigenvalue weighted by atomic mass is 16.5. The fourth-order valence-electron chi connectivity index (χ4n) is 3.02. The van der Waals surface area contributed by atoms with Crippen LogP contribution in [-0.2, 0) is 11.2 Å². The molecule has 0 N–H and O–H groups in total. The van der Waals surface area contributed by atoms with Crippen molar-refractivity contribution in [1.29, 1.82) is 0 Å². The SMILES string of the molecule is COc1cccc(Cc2nc([C@H]3CCO[C@@H]3C(C)(C)C)no2)n1. The van der Waals surface area contributed by atoms with Crippen molar-refractivity contribution in [3.63, 3.8) is 0 Å².